The third-order valence-corrected chi connectivity index (χ3v) is 8.90. The van der Waals surface area contributed by atoms with Crippen LogP contribution in [0.15, 0.2) is 72.6 Å². The van der Waals surface area contributed by atoms with Crippen molar-refractivity contribution in [2.75, 3.05) is 37.6 Å². The molecule has 1 aromatic heterocycles. The molecule has 0 bridgehead atoms. The maximum atomic E-state index is 12.0. The first-order chi connectivity index (χ1) is 20.1. The third-order valence-electron chi connectivity index (χ3n) is 8.65. The van der Waals surface area contributed by atoms with E-state index in [4.69, 9.17) is 16.3 Å². The Morgan fingerprint density at radius 1 is 1.02 bits per heavy atom. The molecule has 1 aliphatic carbocycles. The molecule has 1 fully saturated rings. The van der Waals surface area contributed by atoms with Crippen LogP contribution < -0.4 is 9.64 Å². The number of carbonyl (C=O) groups is 1. The van der Waals surface area contributed by atoms with Crippen molar-refractivity contribution < 1.29 is 14.6 Å². The van der Waals surface area contributed by atoms with Gasteiger partial charge in [-0.1, -0.05) is 43.2 Å². The van der Waals surface area contributed by atoms with Crippen LogP contribution in [0.3, 0.4) is 0 Å². The summed E-state index contributed by atoms with van der Waals surface area (Å²) in [5, 5.41) is 10.6. The van der Waals surface area contributed by atoms with Gasteiger partial charge in [0.05, 0.1) is 17.4 Å². The van der Waals surface area contributed by atoms with Gasteiger partial charge in [0.15, 0.2) is 0 Å². The van der Waals surface area contributed by atoms with Crippen LogP contribution in [0.2, 0.25) is 5.02 Å². The number of hydrogen-bond donors (Lipinski definition) is 1. The van der Waals surface area contributed by atoms with Crippen molar-refractivity contribution in [1.29, 1.82) is 0 Å². The molecule has 42 heavy (non-hydrogen) atoms. The van der Waals surface area contributed by atoms with Gasteiger partial charge in [-0.05, 0) is 72.2 Å². The van der Waals surface area contributed by atoms with Crippen LogP contribution in [-0.2, 0) is 7.05 Å². The highest BCUT2D eigenvalue weighted by Crippen LogP contribution is 2.43. The van der Waals surface area contributed by atoms with E-state index >= 15 is 0 Å². The zero-order valence-corrected chi connectivity index (χ0v) is 25.2. The summed E-state index contributed by atoms with van der Waals surface area (Å²) in [4.78, 5) is 21.3. The van der Waals surface area contributed by atoms with Gasteiger partial charge in [0.2, 0.25) is 0 Å². The molecule has 1 aliphatic heterocycles. The molecule has 1 saturated heterocycles. The van der Waals surface area contributed by atoms with E-state index in [9.17, 15) is 9.90 Å². The van der Waals surface area contributed by atoms with Crippen LogP contribution >= 0.6 is 11.6 Å². The van der Waals surface area contributed by atoms with Gasteiger partial charge in [0.25, 0.3) is 0 Å². The fourth-order valence-corrected chi connectivity index (χ4v) is 6.30. The zero-order valence-electron chi connectivity index (χ0n) is 24.4. The van der Waals surface area contributed by atoms with Gasteiger partial charge >= 0.3 is 5.97 Å². The first-order valence-electron chi connectivity index (χ1n) is 14.6. The predicted molar refractivity (Wildman–Crippen MR) is 169 cm³/mol. The summed E-state index contributed by atoms with van der Waals surface area (Å²) in [6, 6.07) is 19.3. The highest BCUT2D eigenvalue weighted by atomic mass is 35.5. The number of halogens is 1. The molecule has 218 valence electrons. The number of hydrogen-bond acceptors (Lipinski definition) is 5. The maximum Gasteiger partial charge on any atom is 0.339 e. The number of carboxylic acids is 1. The van der Waals surface area contributed by atoms with Crippen LogP contribution in [0, 0.1) is 5.41 Å². The Hall–Kier alpha value is -3.81. The smallest absolute Gasteiger partial charge is 0.339 e. The molecule has 0 unspecified atom stereocenters. The van der Waals surface area contributed by atoms with Gasteiger partial charge in [-0.15, -0.1) is 0 Å². The quantitative estimate of drug-likeness (QED) is 0.242. The van der Waals surface area contributed by atoms with Crippen molar-refractivity contribution in [2.45, 2.75) is 33.1 Å². The number of carboxylic acid groups (broad SMARTS) is 1. The second-order valence-corrected chi connectivity index (χ2v) is 12.7. The number of aromatic nitrogens is 2. The number of benzene rings is 3. The lowest BCUT2D eigenvalue weighted by Crippen LogP contribution is -2.47. The second kappa shape index (κ2) is 11.5. The largest absolute Gasteiger partial charge is 0.478 e. The van der Waals surface area contributed by atoms with E-state index in [1.807, 2.05) is 54.1 Å². The lowest BCUT2D eigenvalue weighted by atomic mass is 9.72. The van der Waals surface area contributed by atoms with Gasteiger partial charge in [-0.25, -0.2) is 9.78 Å². The average molecular weight is 585 g/mol. The molecule has 2 heterocycles. The van der Waals surface area contributed by atoms with Crippen LogP contribution in [0.5, 0.6) is 11.5 Å². The summed E-state index contributed by atoms with van der Waals surface area (Å²) in [5.41, 5.74) is 7.48. The minimum absolute atomic E-state index is 0.139. The van der Waals surface area contributed by atoms with E-state index < -0.39 is 5.97 Å². The fourth-order valence-electron chi connectivity index (χ4n) is 6.17. The number of nitrogens with zero attached hydrogens (tertiary/aromatic N) is 4. The summed E-state index contributed by atoms with van der Waals surface area (Å²) in [7, 11) is 1.94. The summed E-state index contributed by atoms with van der Waals surface area (Å²) in [6.07, 6.45) is 5.15. The molecule has 2 aliphatic rings. The van der Waals surface area contributed by atoms with E-state index in [0.717, 1.165) is 67.3 Å². The van der Waals surface area contributed by atoms with Gasteiger partial charge in [0, 0.05) is 62.6 Å². The number of anilines is 1. The van der Waals surface area contributed by atoms with Gasteiger partial charge in [0.1, 0.15) is 17.1 Å². The monoisotopic (exact) mass is 584 g/mol. The lowest BCUT2D eigenvalue weighted by molar-refractivity contribution is 0.0694. The fraction of sp³-hybridized carbons (Fsp3) is 0.353. The van der Waals surface area contributed by atoms with Crippen LogP contribution in [0.25, 0.3) is 16.6 Å². The average Bonchev–Trinajstić information content (AvgIpc) is 3.34. The van der Waals surface area contributed by atoms with Crippen LogP contribution in [-0.4, -0.2) is 58.3 Å². The Morgan fingerprint density at radius 3 is 2.52 bits per heavy atom. The molecular weight excluding hydrogens is 548 g/mol. The zero-order chi connectivity index (χ0) is 29.4. The number of allylic oxidation sites excluding steroid dienone is 1. The SMILES string of the molecule is Cn1cnc2cc(Oc3cc(N4CCN(CC5=C(c6ccc(Cl)cc6)CC(C)(C)CC5)CC4)ccc3C(=O)O)ccc21. The van der Waals surface area contributed by atoms with Crippen LogP contribution in [0.4, 0.5) is 5.69 Å². The molecule has 1 N–H and O–H groups in total. The third kappa shape index (κ3) is 6.03. The molecule has 6 rings (SSSR count). The normalized spacial score (nSPS) is 17.6. The number of rotatable bonds is 7. The molecule has 0 spiro atoms. The summed E-state index contributed by atoms with van der Waals surface area (Å²) in [5.74, 6) is -0.118. The van der Waals surface area contributed by atoms with E-state index in [1.165, 1.54) is 23.1 Å². The van der Waals surface area contributed by atoms with Crippen molar-refractivity contribution in [1.82, 2.24) is 14.5 Å². The Labute approximate surface area is 252 Å². The number of ether oxygens (including phenoxy) is 1. The Bertz CT molecular complexity index is 1650. The Kier molecular flexibility index (Phi) is 7.73. The number of imidazole rings is 1. The number of aromatic carboxylic acids is 1. The van der Waals surface area contributed by atoms with E-state index in [1.54, 1.807) is 12.4 Å². The van der Waals surface area contributed by atoms with Gasteiger partial charge < -0.3 is 19.3 Å². The first-order valence-corrected chi connectivity index (χ1v) is 14.9. The van der Waals surface area contributed by atoms with Crippen molar-refractivity contribution in [3.05, 3.63) is 88.7 Å². The Morgan fingerprint density at radius 2 is 1.79 bits per heavy atom. The molecule has 0 atom stereocenters. The minimum Gasteiger partial charge on any atom is -0.478 e. The number of fused-ring (bicyclic) bond motifs is 1. The second-order valence-electron chi connectivity index (χ2n) is 12.3. The molecule has 8 heteroatoms. The number of aryl methyl sites for hydroxylation is 1. The predicted octanol–water partition coefficient (Wildman–Crippen LogP) is 7.50. The van der Waals surface area contributed by atoms with E-state index in [-0.39, 0.29) is 5.56 Å². The van der Waals surface area contributed by atoms with Crippen molar-refractivity contribution >= 4 is 39.9 Å². The molecule has 3 aromatic carbocycles. The maximum absolute atomic E-state index is 12.0. The van der Waals surface area contributed by atoms with Crippen molar-refractivity contribution in [2.24, 2.45) is 12.5 Å². The first kappa shape index (κ1) is 28.3. The van der Waals surface area contributed by atoms with E-state index in [2.05, 4.69) is 40.8 Å². The summed E-state index contributed by atoms with van der Waals surface area (Å²) < 4.78 is 8.07. The highest BCUT2D eigenvalue weighted by molar-refractivity contribution is 6.30. The standard InChI is InChI=1S/C34H37ClN4O3/c1-34(2)13-12-24(29(20-34)23-4-6-25(35)7-5-23)21-38-14-16-39(17-15-38)26-8-10-28(33(40)41)32(18-26)42-27-9-11-31-30(19-27)36-22-37(31)3/h4-11,18-19,22H,12-17,20-21H2,1-3H3,(H,40,41). The number of piperazine rings is 1. The molecule has 7 nitrogen and oxygen atoms in total. The lowest BCUT2D eigenvalue weighted by Gasteiger charge is -2.39. The molecule has 0 saturated carbocycles. The Balaban J connectivity index is 1.17. The summed E-state index contributed by atoms with van der Waals surface area (Å²) in [6.45, 7) is 9.31. The summed E-state index contributed by atoms with van der Waals surface area (Å²) >= 11 is 6.19. The molecule has 0 amide bonds. The van der Waals surface area contributed by atoms with Gasteiger partial charge in [-0.2, -0.15) is 0 Å². The molecule has 0 radical (unpaired) electrons. The van der Waals surface area contributed by atoms with Crippen LogP contribution in [0.1, 0.15) is 49.0 Å². The minimum atomic E-state index is -1.01. The van der Waals surface area contributed by atoms with E-state index in [0.29, 0.717) is 16.9 Å². The molecular formula is C34H37ClN4O3. The highest BCUT2D eigenvalue weighted by Gasteiger charge is 2.29. The van der Waals surface area contributed by atoms with Gasteiger partial charge in [-0.3, -0.25) is 4.90 Å². The molecule has 4 aromatic rings. The van der Waals surface area contributed by atoms with Crippen molar-refractivity contribution in [3.8, 4) is 11.5 Å². The topological polar surface area (TPSA) is 70.8 Å². The van der Waals surface area contributed by atoms with Crippen molar-refractivity contribution in [3.63, 3.8) is 0 Å².